The molecule has 0 aliphatic heterocycles. The van der Waals surface area contributed by atoms with Crippen molar-refractivity contribution in [3.8, 4) is 0 Å². The summed E-state index contributed by atoms with van der Waals surface area (Å²) >= 11 is 0. The first-order valence-corrected chi connectivity index (χ1v) is 5.27. The Kier molecular flexibility index (Phi) is 5.91. The first-order chi connectivity index (χ1) is 8.25. The lowest BCUT2D eigenvalue weighted by Gasteiger charge is -2.06. The van der Waals surface area contributed by atoms with Crippen molar-refractivity contribution < 1.29 is 14.8 Å². The lowest BCUT2D eigenvalue weighted by molar-refractivity contribution is -0.388. The molecule has 94 valence electrons. The Morgan fingerprint density at radius 3 is 3.06 bits per heavy atom. The molecule has 0 radical (unpaired) electrons. The molecule has 0 atom stereocenters. The van der Waals surface area contributed by atoms with Gasteiger partial charge in [0.05, 0.1) is 13.2 Å². The molecule has 0 saturated heterocycles. The van der Waals surface area contributed by atoms with E-state index in [2.05, 4.69) is 10.3 Å². The summed E-state index contributed by atoms with van der Waals surface area (Å²) < 4.78 is 5.06. The molecular formula is C10H15N3O4. The van der Waals surface area contributed by atoms with Gasteiger partial charge in [-0.2, -0.15) is 0 Å². The molecule has 17 heavy (non-hydrogen) atoms. The smallest absolute Gasteiger partial charge is 0.386 e. The van der Waals surface area contributed by atoms with Crippen molar-refractivity contribution >= 4 is 11.5 Å². The van der Waals surface area contributed by atoms with E-state index in [0.717, 1.165) is 0 Å². The van der Waals surface area contributed by atoms with Gasteiger partial charge in [0.1, 0.15) is 11.9 Å². The van der Waals surface area contributed by atoms with Crippen molar-refractivity contribution in [3.63, 3.8) is 0 Å². The highest BCUT2D eigenvalue weighted by atomic mass is 16.6. The molecule has 7 nitrogen and oxygen atoms in total. The van der Waals surface area contributed by atoms with Gasteiger partial charge in [-0.15, -0.1) is 0 Å². The molecule has 1 aromatic heterocycles. The third-order valence-electron chi connectivity index (χ3n) is 1.98. The summed E-state index contributed by atoms with van der Waals surface area (Å²) in [5.74, 6) is -0.177. The van der Waals surface area contributed by atoms with Gasteiger partial charge in [0.25, 0.3) is 0 Å². The summed E-state index contributed by atoms with van der Waals surface area (Å²) in [6.45, 7) is 1.37. The molecule has 1 heterocycles. The standard InChI is InChI=1S/C10H15N3O4/c14-6-8-17-7-2-5-11-9-3-1-4-12-10(9)13(15)16/h1,3-4,11,14H,2,5-8H2. The van der Waals surface area contributed by atoms with Crippen LogP contribution in [0.15, 0.2) is 18.3 Å². The number of aliphatic hydroxyl groups excluding tert-OH is 1. The molecule has 0 unspecified atom stereocenters. The third kappa shape index (κ3) is 4.75. The van der Waals surface area contributed by atoms with Crippen LogP contribution in [0.3, 0.4) is 0 Å². The number of aliphatic hydroxyl groups is 1. The lowest BCUT2D eigenvalue weighted by Crippen LogP contribution is -2.09. The van der Waals surface area contributed by atoms with Crippen LogP contribution in [0.5, 0.6) is 0 Å². The van der Waals surface area contributed by atoms with E-state index in [1.807, 2.05) is 0 Å². The molecule has 1 rings (SSSR count). The normalized spacial score (nSPS) is 10.2. The maximum atomic E-state index is 10.6. The number of nitrogens with one attached hydrogen (secondary N) is 1. The van der Waals surface area contributed by atoms with Crippen LogP contribution in [0.2, 0.25) is 0 Å². The fourth-order valence-corrected chi connectivity index (χ4v) is 1.24. The Hall–Kier alpha value is -1.73. The van der Waals surface area contributed by atoms with E-state index in [-0.39, 0.29) is 12.4 Å². The predicted molar refractivity (Wildman–Crippen MR) is 61.9 cm³/mol. The van der Waals surface area contributed by atoms with Crippen molar-refractivity contribution in [2.24, 2.45) is 0 Å². The van der Waals surface area contributed by atoms with Gasteiger partial charge in [0, 0.05) is 13.2 Å². The molecule has 0 bridgehead atoms. The van der Waals surface area contributed by atoms with Crippen molar-refractivity contribution in [1.29, 1.82) is 0 Å². The summed E-state index contributed by atoms with van der Waals surface area (Å²) in [5, 5.41) is 22.0. The van der Waals surface area contributed by atoms with Gasteiger partial charge in [-0.25, -0.2) is 0 Å². The number of rotatable bonds is 8. The van der Waals surface area contributed by atoms with E-state index in [0.29, 0.717) is 31.9 Å². The van der Waals surface area contributed by atoms with E-state index < -0.39 is 4.92 Å². The van der Waals surface area contributed by atoms with Crippen LogP contribution in [0, 0.1) is 10.1 Å². The van der Waals surface area contributed by atoms with Gasteiger partial charge < -0.3 is 25.3 Å². The molecule has 2 N–H and O–H groups in total. The SMILES string of the molecule is O=[N+]([O-])c1ncccc1NCCCOCCO. The number of hydrogen-bond donors (Lipinski definition) is 2. The fraction of sp³-hybridized carbons (Fsp3) is 0.500. The average Bonchev–Trinajstić information content (AvgIpc) is 2.34. The van der Waals surface area contributed by atoms with Gasteiger partial charge in [-0.05, 0) is 28.5 Å². The number of anilines is 1. The second-order valence-corrected chi connectivity index (χ2v) is 3.25. The minimum atomic E-state index is -0.523. The maximum Gasteiger partial charge on any atom is 0.386 e. The summed E-state index contributed by atoms with van der Waals surface area (Å²) in [7, 11) is 0. The van der Waals surface area contributed by atoms with Crippen molar-refractivity contribution in [2.75, 3.05) is 31.7 Å². The van der Waals surface area contributed by atoms with Crippen LogP contribution in [0.25, 0.3) is 0 Å². The van der Waals surface area contributed by atoms with E-state index in [1.54, 1.807) is 12.1 Å². The molecule has 0 aromatic carbocycles. The second-order valence-electron chi connectivity index (χ2n) is 3.25. The molecule has 0 aliphatic carbocycles. The molecular weight excluding hydrogens is 226 g/mol. The van der Waals surface area contributed by atoms with Crippen LogP contribution < -0.4 is 5.32 Å². The first-order valence-electron chi connectivity index (χ1n) is 5.27. The van der Waals surface area contributed by atoms with Crippen LogP contribution in [-0.4, -0.2) is 41.4 Å². The van der Waals surface area contributed by atoms with Crippen molar-refractivity contribution in [1.82, 2.24) is 4.98 Å². The van der Waals surface area contributed by atoms with Gasteiger partial charge in [0.2, 0.25) is 0 Å². The summed E-state index contributed by atoms with van der Waals surface area (Å²) in [6.07, 6.45) is 2.08. The zero-order valence-electron chi connectivity index (χ0n) is 9.33. The molecule has 0 spiro atoms. The Bertz CT molecular complexity index is 359. The number of nitro groups is 1. The van der Waals surface area contributed by atoms with Crippen molar-refractivity contribution in [2.45, 2.75) is 6.42 Å². The first kappa shape index (κ1) is 13.3. The van der Waals surface area contributed by atoms with Crippen LogP contribution in [-0.2, 0) is 4.74 Å². The quantitative estimate of drug-likeness (QED) is 0.397. The summed E-state index contributed by atoms with van der Waals surface area (Å²) in [5.41, 5.74) is 0.402. The zero-order chi connectivity index (χ0) is 12.5. The lowest BCUT2D eigenvalue weighted by atomic mass is 10.3. The minimum absolute atomic E-state index is 0.00149. The summed E-state index contributed by atoms with van der Waals surface area (Å²) in [4.78, 5) is 13.8. The van der Waals surface area contributed by atoms with Gasteiger partial charge in [0.15, 0.2) is 0 Å². The minimum Gasteiger partial charge on any atom is -0.394 e. The largest absolute Gasteiger partial charge is 0.394 e. The van der Waals surface area contributed by atoms with E-state index in [9.17, 15) is 10.1 Å². The third-order valence-corrected chi connectivity index (χ3v) is 1.98. The Morgan fingerprint density at radius 1 is 1.53 bits per heavy atom. The Balaban J connectivity index is 2.34. The van der Waals surface area contributed by atoms with E-state index in [4.69, 9.17) is 9.84 Å². The molecule has 0 saturated carbocycles. The molecule has 0 amide bonds. The van der Waals surface area contributed by atoms with E-state index in [1.165, 1.54) is 6.20 Å². The van der Waals surface area contributed by atoms with Gasteiger partial charge in [-0.3, -0.25) is 0 Å². The zero-order valence-corrected chi connectivity index (χ0v) is 9.33. The van der Waals surface area contributed by atoms with Crippen molar-refractivity contribution in [3.05, 3.63) is 28.4 Å². The highest BCUT2D eigenvalue weighted by Gasteiger charge is 2.12. The van der Waals surface area contributed by atoms with Gasteiger partial charge in [-0.1, -0.05) is 0 Å². The van der Waals surface area contributed by atoms with Gasteiger partial charge >= 0.3 is 5.82 Å². The highest BCUT2D eigenvalue weighted by molar-refractivity contribution is 5.56. The topological polar surface area (TPSA) is 97.5 Å². The van der Waals surface area contributed by atoms with Crippen LogP contribution in [0.4, 0.5) is 11.5 Å². The predicted octanol–water partition coefficient (Wildman–Crippen LogP) is 0.801. The molecule has 7 heteroatoms. The Labute approximate surface area is 98.6 Å². The maximum absolute atomic E-state index is 10.6. The molecule has 0 aliphatic rings. The number of hydrogen-bond acceptors (Lipinski definition) is 6. The monoisotopic (exact) mass is 241 g/mol. The number of ether oxygens (including phenoxy) is 1. The highest BCUT2D eigenvalue weighted by Crippen LogP contribution is 2.19. The molecule has 0 fully saturated rings. The van der Waals surface area contributed by atoms with Crippen LogP contribution in [0.1, 0.15) is 6.42 Å². The average molecular weight is 241 g/mol. The second kappa shape index (κ2) is 7.53. The molecule has 1 aromatic rings. The summed E-state index contributed by atoms with van der Waals surface area (Å²) in [6, 6.07) is 3.25. The van der Waals surface area contributed by atoms with E-state index >= 15 is 0 Å². The number of aromatic nitrogens is 1. The number of nitrogens with zero attached hydrogens (tertiary/aromatic N) is 2. The Morgan fingerprint density at radius 2 is 2.35 bits per heavy atom. The fourth-order valence-electron chi connectivity index (χ4n) is 1.24. The number of pyridine rings is 1. The van der Waals surface area contributed by atoms with Crippen LogP contribution >= 0.6 is 0 Å².